The van der Waals surface area contributed by atoms with Gasteiger partial charge in [-0.25, -0.2) is 4.98 Å². The molecule has 2 rings (SSSR count). The number of rotatable bonds is 4. The number of halogens is 4. The lowest BCUT2D eigenvalue weighted by Gasteiger charge is -2.13. The molecule has 122 valence electrons. The maximum atomic E-state index is 12.5. The Kier molecular flexibility index (Phi) is 5.81. The number of ether oxygens (including phenoxy) is 2. The average Bonchev–Trinajstić information content (AvgIpc) is 2.52. The van der Waals surface area contributed by atoms with Crippen molar-refractivity contribution in [1.29, 1.82) is 0 Å². The van der Waals surface area contributed by atoms with Gasteiger partial charge in [0.1, 0.15) is 16.7 Å². The number of carbonyl (C=O) groups is 1. The van der Waals surface area contributed by atoms with E-state index in [1.165, 1.54) is 14.2 Å². The molecule has 0 aliphatic heterocycles. The topological polar surface area (TPSA) is 60.5 Å². The molecule has 23 heavy (non-hydrogen) atoms. The highest BCUT2D eigenvalue weighted by molar-refractivity contribution is 6.50. The van der Waals surface area contributed by atoms with Crippen LogP contribution >= 0.6 is 46.4 Å². The molecule has 1 amide bonds. The molecule has 0 aliphatic carbocycles. The average molecular weight is 396 g/mol. The lowest BCUT2D eigenvalue weighted by molar-refractivity contribution is 0.102. The second-order valence-corrected chi connectivity index (χ2v) is 5.69. The van der Waals surface area contributed by atoms with E-state index in [0.717, 1.165) is 0 Å². The number of hydrogen-bond donors (Lipinski definition) is 1. The zero-order chi connectivity index (χ0) is 17.1. The van der Waals surface area contributed by atoms with E-state index in [0.29, 0.717) is 17.2 Å². The van der Waals surface area contributed by atoms with Crippen LogP contribution in [0.1, 0.15) is 10.4 Å². The second-order valence-electron chi connectivity index (χ2n) is 4.22. The third-order valence-corrected chi connectivity index (χ3v) is 4.36. The van der Waals surface area contributed by atoms with Crippen molar-refractivity contribution in [3.8, 4) is 11.5 Å². The highest BCUT2D eigenvalue weighted by Crippen LogP contribution is 2.36. The minimum Gasteiger partial charge on any atom is -0.497 e. The molecule has 5 nitrogen and oxygen atoms in total. The summed E-state index contributed by atoms with van der Waals surface area (Å²) in [7, 11) is 2.97. The lowest BCUT2D eigenvalue weighted by atomic mass is 10.2. The Morgan fingerprint density at radius 3 is 2.35 bits per heavy atom. The molecule has 1 aromatic heterocycles. The highest BCUT2D eigenvalue weighted by atomic mass is 35.5. The van der Waals surface area contributed by atoms with Gasteiger partial charge in [-0.3, -0.25) is 4.79 Å². The van der Waals surface area contributed by atoms with E-state index in [2.05, 4.69) is 10.3 Å². The first-order chi connectivity index (χ1) is 10.9. The van der Waals surface area contributed by atoms with Crippen LogP contribution in [0.3, 0.4) is 0 Å². The van der Waals surface area contributed by atoms with E-state index in [-0.39, 0.29) is 25.9 Å². The van der Waals surface area contributed by atoms with Gasteiger partial charge in [-0.05, 0) is 12.1 Å². The van der Waals surface area contributed by atoms with Gasteiger partial charge in [0.15, 0.2) is 5.15 Å². The van der Waals surface area contributed by atoms with Crippen LogP contribution in [0.5, 0.6) is 11.5 Å². The highest BCUT2D eigenvalue weighted by Gasteiger charge is 2.22. The third kappa shape index (κ3) is 3.75. The van der Waals surface area contributed by atoms with Gasteiger partial charge in [-0.1, -0.05) is 46.4 Å². The molecule has 2 aromatic rings. The number of amides is 1. The molecular weight excluding hydrogens is 386 g/mol. The summed E-state index contributed by atoms with van der Waals surface area (Å²) >= 11 is 23.6. The first-order valence-electron chi connectivity index (χ1n) is 6.12. The van der Waals surface area contributed by atoms with E-state index < -0.39 is 5.91 Å². The van der Waals surface area contributed by atoms with Gasteiger partial charge in [0.25, 0.3) is 5.91 Å². The molecule has 0 unspecified atom stereocenters. The van der Waals surface area contributed by atoms with E-state index >= 15 is 0 Å². The SMILES string of the molecule is COc1ccc(OC)c(NC(=O)c2c(Cl)nc(Cl)c(Cl)c2Cl)c1. The van der Waals surface area contributed by atoms with Crippen LogP contribution in [0.25, 0.3) is 0 Å². The summed E-state index contributed by atoms with van der Waals surface area (Å²) in [5.41, 5.74) is 0.280. The maximum Gasteiger partial charge on any atom is 0.260 e. The zero-order valence-electron chi connectivity index (χ0n) is 11.9. The minimum atomic E-state index is -0.613. The number of methoxy groups -OCH3 is 2. The smallest absolute Gasteiger partial charge is 0.260 e. The Balaban J connectivity index is 2.42. The van der Waals surface area contributed by atoms with Gasteiger partial charge in [0.2, 0.25) is 0 Å². The van der Waals surface area contributed by atoms with E-state index in [1.54, 1.807) is 18.2 Å². The molecule has 0 saturated heterocycles. The molecule has 1 heterocycles. The van der Waals surface area contributed by atoms with Crippen LogP contribution in [-0.4, -0.2) is 25.1 Å². The fourth-order valence-corrected chi connectivity index (χ4v) is 2.76. The first-order valence-corrected chi connectivity index (χ1v) is 7.63. The normalized spacial score (nSPS) is 10.3. The third-order valence-electron chi connectivity index (χ3n) is 2.88. The summed E-state index contributed by atoms with van der Waals surface area (Å²) in [5.74, 6) is 0.350. The van der Waals surface area contributed by atoms with Crippen LogP contribution in [-0.2, 0) is 0 Å². The van der Waals surface area contributed by atoms with E-state index in [1.807, 2.05) is 0 Å². The molecule has 9 heteroatoms. The number of pyridine rings is 1. The summed E-state index contributed by atoms with van der Waals surface area (Å²) in [6, 6.07) is 4.92. The predicted molar refractivity (Wildman–Crippen MR) is 91.8 cm³/mol. The van der Waals surface area contributed by atoms with Crippen molar-refractivity contribution in [2.45, 2.75) is 0 Å². The van der Waals surface area contributed by atoms with E-state index in [4.69, 9.17) is 55.9 Å². The van der Waals surface area contributed by atoms with Crippen molar-refractivity contribution in [3.63, 3.8) is 0 Å². The van der Waals surface area contributed by atoms with E-state index in [9.17, 15) is 4.79 Å². The van der Waals surface area contributed by atoms with Crippen molar-refractivity contribution >= 4 is 58.0 Å². The molecular formula is C14H10Cl4N2O3. The Hall–Kier alpha value is -1.40. The molecule has 0 aliphatic rings. The quantitative estimate of drug-likeness (QED) is 0.742. The van der Waals surface area contributed by atoms with Crippen LogP contribution in [0, 0.1) is 0 Å². The minimum absolute atomic E-state index is 0.0551. The van der Waals surface area contributed by atoms with Crippen LogP contribution < -0.4 is 14.8 Å². The van der Waals surface area contributed by atoms with Gasteiger partial charge in [-0.15, -0.1) is 0 Å². The lowest BCUT2D eigenvalue weighted by Crippen LogP contribution is -2.15. The number of anilines is 1. The standard InChI is InChI=1S/C14H10Cl4N2O3/c1-22-6-3-4-8(23-2)7(5-6)19-14(21)9-10(15)11(16)13(18)20-12(9)17/h3-5H,1-2H3,(H,19,21). The number of carbonyl (C=O) groups excluding carboxylic acids is 1. The van der Waals surface area contributed by atoms with Crippen molar-refractivity contribution in [2.24, 2.45) is 0 Å². The summed E-state index contributed by atoms with van der Waals surface area (Å²) in [6.45, 7) is 0. The summed E-state index contributed by atoms with van der Waals surface area (Å²) in [5, 5.41) is 2.24. The van der Waals surface area contributed by atoms with Crippen LogP contribution in [0.4, 0.5) is 5.69 Å². The van der Waals surface area contributed by atoms with Gasteiger partial charge >= 0.3 is 0 Å². The molecule has 0 fully saturated rings. The first kappa shape index (κ1) is 17.9. The Labute approximate surface area is 152 Å². The van der Waals surface area contributed by atoms with Crippen molar-refractivity contribution in [2.75, 3.05) is 19.5 Å². The molecule has 1 aromatic carbocycles. The number of hydrogen-bond acceptors (Lipinski definition) is 4. The maximum absolute atomic E-state index is 12.5. The Morgan fingerprint density at radius 1 is 1.04 bits per heavy atom. The van der Waals surface area contributed by atoms with Crippen molar-refractivity contribution in [3.05, 3.63) is 44.1 Å². The van der Waals surface area contributed by atoms with Crippen LogP contribution in [0.15, 0.2) is 18.2 Å². The molecule has 0 atom stereocenters. The van der Waals surface area contributed by atoms with Gasteiger partial charge in [-0.2, -0.15) is 0 Å². The fourth-order valence-electron chi connectivity index (χ4n) is 1.77. The van der Waals surface area contributed by atoms with Gasteiger partial charge in [0.05, 0.1) is 35.5 Å². The molecule has 1 N–H and O–H groups in total. The van der Waals surface area contributed by atoms with Gasteiger partial charge in [0, 0.05) is 6.07 Å². The Morgan fingerprint density at radius 2 is 1.74 bits per heavy atom. The van der Waals surface area contributed by atoms with Crippen molar-refractivity contribution in [1.82, 2.24) is 4.98 Å². The number of nitrogens with zero attached hydrogens (tertiary/aromatic N) is 1. The summed E-state index contributed by atoms with van der Waals surface area (Å²) < 4.78 is 10.3. The van der Waals surface area contributed by atoms with Gasteiger partial charge < -0.3 is 14.8 Å². The second kappa shape index (κ2) is 7.45. The summed E-state index contributed by atoms with van der Waals surface area (Å²) in [6.07, 6.45) is 0. The predicted octanol–water partition coefficient (Wildman–Crippen LogP) is 4.96. The molecule has 0 bridgehead atoms. The van der Waals surface area contributed by atoms with Crippen LogP contribution in [0.2, 0.25) is 20.4 Å². The summed E-state index contributed by atoms with van der Waals surface area (Å²) in [4.78, 5) is 16.2. The number of benzene rings is 1. The zero-order valence-corrected chi connectivity index (χ0v) is 14.9. The molecule has 0 spiro atoms. The number of nitrogens with one attached hydrogen (secondary N) is 1. The largest absolute Gasteiger partial charge is 0.497 e. The molecule has 0 saturated carbocycles. The number of aromatic nitrogens is 1. The van der Waals surface area contributed by atoms with Crippen molar-refractivity contribution < 1.29 is 14.3 Å². The monoisotopic (exact) mass is 394 g/mol. The molecule has 0 radical (unpaired) electrons. The fraction of sp³-hybridized carbons (Fsp3) is 0.143. The Bertz CT molecular complexity index is 768.